The van der Waals surface area contributed by atoms with Gasteiger partial charge in [-0.15, -0.1) is 0 Å². The van der Waals surface area contributed by atoms with Crippen LogP contribution in [0.3, 0.4) is 0 Å². The summed E-state index contributed by atoms with van der Waals surface area (Å²) in [6.45, 7) is 3.81. The number of hydrogen-bond acceptors (Lipinski definition) is 4. The molecule has 28 heavy (non-hydrogen) atoms. The monoisotopic (exact) mass is 394 g/mol. The van der Waals surface area contributed by atoms with Gasteiger partial charge in [-0.25, -0.2) is 0 Å². The van der Waals surface area contributed by atoms with E-state index in [1.807, 2.05) is 66.4 Å². The lowest BCUT2D eigenvalue weighted by molar-refractivity contribution is -0.139. The third kappa shape index (κ3) is 3.90. The molecule has 1 saturated heterocycles. The first-order chi connectivity index (χ1) is 13.6. The summed E-state index contributed by atoms with van der Waals surface area (Å²) in [5.74, 6) is 0.686. The van der Waals surface area contributed by atoms with Crippen LogP contribution in [0.5, 0.6) is 0 Å². The highest BCUT2D eigenvalue weighted by molar-refractivity contribution is 7.71. The van der Waals surface area contributed by atoms with Crippen molar-refractivity contribution in [2.75, 3.05) is 19.7 Å². The van der Waals surface area contributed by atoms with E-state index in [0.29, 0.717) is 30.3 Å². The number of H-pyrrole nitrogens is 1. The zero-order valence-electron chi connectivity index (χ0n) is 15.7. The van der Waals surface area contributed by atoms with Gasteiger partial charge in [0.25, 0.3) is 0 Å². The minimum Gasteiger partial charge on any atom is -0.370 e. The second-order valence-electron chi connectivity index (χ2n) is 6.92. The fourth-order valence-corrected chi connectivity index (χ4v) is 3.65. The summed E-state index contributed by atoms with van der Waals surface area (Å²) in [7, 11) is 0. The molecule has 0 spiro atoms. The van der Waals surface area contributed by atoms with Gasteiger partial charge in [-0.1, -0.05) is 54.1 Å². The minimum absolute atomic E-state index is 0.00985. The molecule has 2 aromatic carbocycles. The van der Waals surface area contributed by atoms with Gasteiger partial charge < -0.3 is 9.64 Å². The number of amides is 1. The van der Waals surface area contributed by atoms with Crippen LogP contribution in [-0.4, -0.2) is 45.3 Å². The summed E-state index contributed by atoms with van der Waals surface area (Å²) in [6, 6.07) is 18.0. The molecule has 1 atom stereocenters. The number of rotatable bonds is 4. The van der Waals surface area contributed by atoms with Crippen LogP contribution in [0.25, 0.3) is 11.4 Å². The van der Waals surface area contributed by atoms with Gasteiger partial charge >= 0.3 is 0 Å². The number of aromatic amines is 1. The lowest BCUT2D eigenvalue weighted by atomic mass is 10.1. The van der Waals surface area contributed by atoms with Crippen LogP contribution >= 0.6 is 12.2 Å². The van der Waals surface area contributed by atoms with Gasteiger partial charge in [0, 0.05) is 12.1 Å². The van der Waals surface area contributed by atoms with Crippen molar-refractivity contribution >= 4 is 18.1 Å². The Morgan fingerprint density at radius 2 is 2.07 bits per heavy atom. The zero-order chi connectivity index (χ0) is 19.5. The molecule has 1 unspecified atom stereocenters. The topological polar surface area (TPSA) is 63.2 Å². The van der Waals surface area contributed by atoms with Gasteiger partial charge in [0.15, 0.2) is 10.6 Å². The first-order valence-corrected chi connectivity index (χ1v) is 9.69. The number of nitrogens with one attached hydrogen (secondary N) is 1. The highest BCUT2D eigenvalue weighted by Gasteiger charge is 2.26. The average molecular weight is 395 g/mol. The molecule has 0 saturated carbocycles. The van der Waals surface area contributed by atoms with Gasteiger partial charge in [-0.05, 0) is 30.8 Å². The van der Waals surface area contributed by atoms with Gasteiger partial charge in [0.2, 0.25) is 5.91 Å². The number of aromatic nitrogens is 3. The summed E-state index contributed by atoms with van der Waals surface area (Å²) < 4.78 is 8.08. The minimum atomic E-state index is -0.104. The summed E-state index contributed by atoms with van der Waals surface area (Å²) in [4.78, 5) is 14.8. The van der Waals surface area contributed by atoms with Crippen molar-refractivity contribution in [2.45, 2.75) is 19.6 Å². The molecule has 1 aliphatic rings. The second kappa shape index (κ2) is 8.08. The van der Waals surface area contributed by atoms with Gasteiger partial charge in [0.05, 0.1) is 13.2 Å². The van der Waals surface area contributed by atoms with E-state index in [1.165, 1.54) is 0 Å². The number of benzene rings is 2. The van der Waals surface area contributed by atoms with Crippen molar-refractivity contribution in [1.82, 2.24) is 19.7 Å². The molecule has 1 amide bonds. The zero-order valence-corrected chi connectivity index (χ0v) is 16.5. The van der Waals surface area contributed by atoms with E-state index in [2.05, 4.69) is 10.2 Å². The van der Waals surface area contributed by atoms with Crippen molar-refractivity contribution in [1.29, 1.82) is 0 Å². The molecule has 1 fully saturated rings. The molecule has 0 radical (unpaired) electrons. The van der Waals surface area contributed by atoms with Gasteiger partial charge in [-0.2, -0.15) is 5.10 Å². The number of carbonyl (C=O) groups is 1. The largest absolute Gasteiger partial charge is 0.370 e. The third-order valence-electron chi connectivity index (χ3n) is 4.92. The second-order valence-corrected chi connectivity index (χ2v) is 7.30. The molecule has 2 heterocycles. The highest BCUT2D eigenvalue weighted by atomic mass is 32.1. The standard InChI is InChI=1S/C21H22N4O2S/c1-15-6-5-9-17(12-15)20-22-23-21(28)25(20)14-19(26)24-10-11-27-18(13-24)16-7-3-2-4-8-16/h2-9,12,18H,10-11,13-14H2,1H3,(H,23,28). The molecule has 4 rings (SSSR count). The van der Waals surface area contributed by atoms with Crippen LogP contribution in [0.1, 0.15) is 17.2 Å². The van der Waals surface area contributed by atoms with Crippen molar-refractivity contribution in [2.24, 2.45) is 0 Å². The first kappa shape index (κ1) is 18.6. The number of carbonyl (C=O) groups excluding carboxylic acids is 1. The molecule has 1 aliphatic heterocycles. The van der Waals surface area contributed by atoms with Crippen LogP contribution in [0.4, 0.5) is 0 Å². The molecule has 3 aromatic rings. The van der Waals surface area contributed by atoms with E-state index in [1.54, 1.807) is 4.57 Å². The predicted octanol–water partition coefficient (Wildman–Crippen LogP) is 3.52. The number of aryl methyl sites for hydroxylation is 1. The average Bonchev–Trinajstić information content (AvgIpc) is 3.09. The van der Waals surface area contributed by atoms with Crippen molar-refractivity contribution < 1.29 is 9.53 Å². The molecular weight excluding hydrogens is 372 g/mol. The Kier molecular flexibility index (Phi) is 5.36. The Morgan fingerprint density at radius 3 is 2.86 bits per heavy atom. The Labute approximate surface area is 168 Å². The third-order valence-corrected chi connectivity index (χ3v) is 5.23. The molecule has 7 heteroatoms. The summed E-state index contributed by atoms with van der Waals surface area (Å²) >= 11 is 5.37. The molecule has 1 aromatic heterocycles. The predicted molar refractivity (Wildman–Crippen MR) is 109 cm³/mol. The van der Waals surface area contributed by atoms with Crippen LogP contribution in [0, 0.1) is 11.7 Å². The highest BCUT2D eigenvalue weighted by Crippen LogP contribution is 2.23. The quantitative estimate of drug-likeness (QED) is 0.688. The Morgan fingerprint density at radius 1 is 1.25 bits per heavy atom. The number of ether oxygens (including phenoxy) is 1. The van der Waals surface area contributed by atoms with Gasteiger partial charge in [0.1, 0.15) is 12.6 Å². The maximum absolute atomic E-state index is 13.0. The van der Waals surface area contributed by atoms with E-state index < -0.39 is 0 Å². The maximum Gasteiger partial charge on any atom is 0.242 e. The molecule has 0 aliphatic carbocycles. The molecule has 144 valence electrons. The Balaban J connectivity index is 1.53. The fraction of sp³-hybridized carbons (Fsp3) is 0.286. The molecular formula is C21H22N4O2S. The SMILES string of the molecule is Cc1cccc(-c2n[nH]c(=S)n2CC(=O)N2CCOC(c3ccccc3)C2)c1. The van der Waals surface area contributed by atoms with Crippen LogP contribution in [-0.2, 0) is 16.1 Å². The lowest BCUT2D eigenvalue weighted by Crippen LogP contribution is -2.43. The maximum atomic E-state index is 13.0. The summed E-state index contributed by atoms with van der Waals surface area (Å²) in [6.07, 6.45) is -0.104. The number of nitrogens with zero attached hydrogens (tertiary/aromatic N) is 3. The summed E-state index contributed by atoms with van der Waals surface area (Å²) in [5, 5.41) is 7.16. The van der Waals surface area contributed by atoms with E-state index in [9.17, 15) is 4.79 Å². The van der Waals surface area contributed by atoms with Crippen molar-refractivity contribution in [3.63, 3.8) is 0 Å². The summed E-state index contributed by atoms with van der Waals surface area (Å²) in [5.41, 5.74) is 3.15. The number of morpholine rings is 1. The van der Waals surface area contributed by atoms with Crippen LogP contribution in [0.15, 0.2) is 54.6 Å². The van der Waals surface area contributed by atoms with E-state index in [4.69, 9.17) is 17.0 Å². The normalized spacial score (nSPS) is 16.9. The fourth-order valence-electron chi connectivity index (χ4n) is 3.45. The Hall–Kier alpha value is -2.77. The van der Waals surface area contributed by atoms with Crippen LogP contribution < -0.4 is 0 Å². The van der Waals surface area contributed by atoms with Crippen LogP contribution in [0.2, 0.25) is 0 Å². The lowest BCUT2D eigenvalue weighted by Gasteiger charge is -2.33. The van der Waals surface area contributed by atoms with E-state index in [0.717, 1.165) is 16.7 Å². The number of hydrogen-bond donors (Lipinski definition) is 1. The Bertz CT molecular complexity index is 1030. The van der Waals surface area contributed by atoms with E-state index >= 15 is 0 Å². The molecule has 6 nitrogen and oxygen atoms in total. The molecule has 1 N–H and O–H groups in total. The van der Waals surface area contributed by atoms with Gasteiger partial charge in [-0.3, -0.25) is 14.5 Å². The molecule has 0 bridgehead atoms. The van der Waals surface area contributed by atoms with Crippen molar-refractivity contribution in [3.8, 4) is 11.4 Å². The van der Waals surface area contributed by atoms with Crippen molar-refractivity contribution in [3.05, 3.63) is 70.5 Å². The van der Waals surface area contributed by atoms with E-state index in [-0.39, 0.29) is 18.6 Å². The first-order valence-electron chi connectivity index (χ1n) is 9.28. The smallest absolute Gasteiger partial charge is 0.242 e.